The third-order valence-electron chi connectivity index (χ3n) is 3.96. The molecule has 0 atom stereocenters. The van der Waals surface area contributed by atoms with Gasteiger partial charge >= 0.3 is 0 Å². The number of pyridine rings is 1. The highest BCUT2D eigenvalue weighted by Crippen LogP contribution is 2.33. The van der Waals surface area contributed by atoms with E-state index in [-0.39, 0.29) is 0 Å². The minimum absolute atomic E-state index is 0.855. The Morgan fingerprint density at radius 3 is 2.36 bits per heavy atom. The first kappa shape index (κ1) is 12.8. The second kappa shape index (κ2) is 5.15. The Morgan fingerprint density at radius 1 is 0.773 bits per heavy atom. The lowest BCUT2D eigenvalue weighted by Gasteiger charge is -2.10. The third kappa shape index (κ3) is 2.01. The van der Waals surface area contributed by atoms with Gasteiger partial charge in [0, 0.05) is 17.0 Å². The zero-order chi connectivity index (χ0) is 14.9. The summed E-state index contributed by atoms with van der Waals surface area (Å²) in [6.07, 6.45) is 0. The van der Waals surface area contributed by atoms with Crippen molar-refractivity contribution in [2.45, 2.75) is 0 Å². The molecule has 0 saturated heterocycles. The molecule has 1 heterocycles. The van der Waals surface area contributed by atoms with Crippen LogP contribution in [0.15, 0.2) is 72.8 Å². The minimum atomic E-state index is 0.855. The zero-order valence-electron chi connectivity index (χ0n) is 12.3. The van der Waals surface area contributed by atoms with Gasteiger partial charge in [-0.2, -0.15) is 0 Å². The van der Waals surface area contributed by atoms with Crippen LogP contribution in [0.5, 0.6) is 5.75 Å². The molecule has 0 unspecified atom stereocenters. The Kier molecular flexibility index (Phi) is 3.01. The van der Waals surface area contributed by atoms with Gasteiger partial charge in [0.2, 0.25) is 0 Å². The number of aromatic nitrogens is 1. The number of nitrogens with zero attached hydrogens (tertiary/aromatic N) is 1. The molecule has 0 spiro atoms. The molecule has 0 amide bonds. The van der Waals surface area contributed by atoms with Crippen LogP contribution in [0.2, 0.25) is 0 Å². The molecule has 0 N–H and O–H groups in total. The van der Waals surface area contributed by atoms with Crippen molar-refractivity contribution in [1.29, 1.82) is 0 Å². The molecule has 106 valence electrons. The standard InChI is InChI=1S/C20H15NO/c1-22-20-13-19(21-18-12-5-4-10-17(18)20)16-11-6-8-14-7-2-3-9-15(14)16/h2-13H,1H3. The molecule has 0 bridgehead atoms. The first-order valence-corrected chi connectivity index (χ1v) is 7.29. The molecular weight excluding hydrogens is 270 g/mol. The molecule has 2 nitrogen and oxygen atoms in total. The van der Waals surface area contributed by atoms with Crippen LogP contribution in [0.1, 0.15) is 0 Å². The molecule has 0 aliphatic carbocycles. The quantitative estimate of drug-likeness (QED) is 0.513. The largest absolute Gasteiger partial charge is 0.496 e. The van der Waals surface area contributed by atoms with Gasteiger partial charge < -0.3 is 4.74 Å². The second-order valence-electron chi connectivity index (χ2n) is 5.25. The highest BCUT2D eigenvalue weighted by Gasteiger charge is 2.09. The molecule has 0 aliphatic heterocycles. The number of para-hydroxylation sites is 1. The van der Waals surface area contributed by atoms with Crippen molar-refractivity contribution in [3.05, 3.63) is 72.8 Å². The number of ether oxygens (including phenoxy) is 1. The minimum Gasteiger partial charge on any atom is -0.496 e. The lowest BCUT2D eigenvalue weighted by atomic mass is 10.0. The van der Waals surface area contributed by atoms with Crippen LogP contribution in [-0.2, 0) is 0 Å². The highest BCUT2D eigenvalue weighted by atomic mass is 16.5. The van der Waals surface area contributed by atoms with Gasteiger partial charge in [-0.3, -0.25) is 0 Å². The molecular formula is C20H15NO. The van der Waals surface area contributed by atoms with Crippen LogP contribution in [0.25, 0.3) is 32.9 Å². The van der Waals surface area contributed by atoms with E-state index >= 15 is 0 Å². The van der Waals surface area contributed by atoms with Crippen molar-refractivity contribution in [2.75, 3.05) is 7.11 Å². The van der Waals surface area contributed by atoms with Crippen LogP contribution in [0, 0.1) is 0 Å². The van der Waals surface area contributed by atoms with E-state index in [1.165, 1.54) is 10.8 Å². The maximum absolute atomic E-state index is 5.56. The monoisotopic (exact) mass is 285 g/mol. The molecule has 22 heavy (non-hydrogen) atoms. The molecule has 0 saturated carbocycles. The summed E-state index contributed by atoms with van der Waals surface area (Å²) >= 11 is 0. The van der Waals surface area contributed by atoms with Crippen LogP contribution in [-0.4, -0.2) is 12.1 Å². The maximum atomic E-state index is 5.56. The number of fused-ring (bicyclic) bond motifs is 2. The zero-order valence-corrected chi connectivity index (χ0v) is 12.3. The van der Waals surface area contributed by atoms with Gasteiger partial charge in [0.25, 0.3) is 0 Å². The van der Waals surface area contributed by atoms with Gasteiger partial charge in [-0.05, 0) is 22.9 Å². The van der Waals surface area contributed by atoms with Crippen LogP contribution >= 0.6 is 0 Å². The second-order valence-corrected chi connectivity index (χ2v) is 5.25. The Bertz CT molecular complexity index is 970. The van der Waals surface area contributed by atoms with Gasteiger partial charge in [-0.25, -0.2) is 4.98 Å². The SMILES string of the molecule is COc1cc(-c2cccc3ccccc23)nc2ccccc12. The maximum Gasteiger partial charge on any atom is 0.130 e. The fourth-order valence-corrected chi connectivity index (χ4v) is 2.90. The van der Waals surface area contributed by atoms with E-state index < -0.39 is 0 Å². The van der Waals surface area contributed by atoms with E-state index in [4.69, 9.17) is 9.72 Å². The van der Waals surface area contributed by atoms with Crippen molar-refractivity contribution in [3.8, 4) is 17.0 Å². The van der Waals surface area contributed by atoms with Crippen molar-refractivity contribution < 1.29 is 4.74 Å². The third-order valence-corrected chi connectivity index (χ3v) is 3.96. The average Bonchev–Trinajstić information content (AvgIpc) is 2.60. The van der Waals surface area contributed by atoms with Crippen molar-refractivity contribution in [1.82, 2.24) is 4.98 Å². The summed E-state index contributed by atoms with van der Waals surface area (Å²) in [7, 11) is 1.70. The Labute approximate surface area is 129 Å². The molecule has 1 aromatic heterocycles. The lowest BCUT2D eigenvalue weighted by Crippen LogP contribution is -1.91. The summed E-state index contributed by atoms with van der Waals surface area (Å²) in [5, 5.41) is 3.46. The van der Waals surface area contributed by atoms with E-state index in [2.05, 4.69) is 42.5 Å². The summed E-state index contributed by atoms with van der Waals surface area (Å²) in [4.78, 5) is 4.82. The van der Waals surface area contributed by atoms with E-state index in [0.717, 1.165) is 27.9 Å². The van der Waals surface area contributed by atoms with E-state index in [1.807, 2.05) is 30.3 Å². The molecule has 4 rings (SSSR count). The lowest BCUT2D eigenvalue weighted by molar-refractivity contribution is 0.419. The number of rotatable bonds is 2. The summed E-state index contributed by atoms with van der Waals surface area (Å²) in [6, 6.07) is 24.8. The Hall–Kier alpha value is -2.87. The topological polar surface area (TPSA) is 22.1 Å². The number of hydrogen-bond donors (Lipinski definition) is 0. The number of hydrogen-bond acceptors (Lipinski definition) is 2. The predicted octanol–water partition coefficient (Wildman–Crippen LogP) is 5.06. The molecule has 3 aromatic carbocycles. The van der Waals surface area contributed by atoms with Gasteiger partial charge in [-0.1, -0.05) is 54.6 Å². The normalized spacial score (nSPS) is 11.0. The first-order chi connectivity index (χ1) is 10.9. The predicted molar refractivity (Wildman–Crippen MR) is 91.2 cm³/mol. The Balaban J connectivity index is 2.04. The first-order valence-electron chi connectivity index (χ1n) is 7.29. The number of benzene rings is 3. The molecule has 0 radical (unpaired) electrons. The van der Waals surface area contributed by atoms with Crippen LogP contribution < -0.4 is 4.74 Å². The van der Waals surface area contributed by atoms with Gasteiger partial charge in [0.15, 0.2) is 0 Å². The van der Waals surface area contributed by atoms with Crippen molar-refractivity contribution >= 4 is 21.7 Å². The summed E-state index contributed by atoms with van der Waals surface area (Å²) < 4.78 is 5.56. The fourth-order valence-electron chi connectivity index (χ4n) is 2.90. The van der Waals surface area contributed by atoms with Gasteiger partial charge in [0.05, 0.1) is 18.3 Å². The summed E-state index contributed by atoms with van der Waals surface area (Å²) in [5.74, 6) is 0.855. The molecule has 0 aliphatic rings. The van der Waals surface area contributed by atoms with E-state index in [1.54, 1.807) is 7.11 Å². The van der Waals surface area contributed by atoms with Crippen molar-refractivity contribution in [3.63, 3.8) is 0 Å². The number of methoxy groups -OCH3 is 1. The smallest absolute Gasteiger partial charge is 0.130 e. The summed E-state index contributed by atoms with van der Waals surface area (Å²) in [6.45, 7) is 0. The molecule has 2 heteroatoms. The van der Waals surface area contributed by atoms with E-state index in [9.17, 15) is 0 Å². The highest BCUT2D eigenvalue weighted by molar-refractivity contribution is 5.98. The van der Waals surface area contributed by atoms with Crippen LogP contribution in [0.3, 0.4) is 0 Å². The molecule has 4 aromatic rings. The average molecular weight is 285 g/mol. The fraction of sp³-hybridized carbons (Fsp3) is 0.0500. The Morgan fingerprint density at radius 2 is 1.50 bits per heavy atom. The van der Waals surface area contributed by atoms with Crippen molar-refractivity contribution in [2.24, 2.45) is 0 Å². The summed E-state index contributed by atoms with van der Waals surface area (Å²) in [5.41, 5.74) is 3.01. The van der Waals surface area contributed by atoms with E-state index in [0.29, 0.717) is 0 Å². The van der Waals surface area contributed by atoms with Gasteiger partial charge in [-0.15, -0.1) is 0 Å². The molecule has 0 fully saturated rings. The van der Waals surface area contributed by atoms with Gasteiger partial charge in [0.1, 0.15) is 5.75 Å². The van der Waals surface area contributed by atoms with Crippen LogP contribution in [0.4, 0.5) is 0 Å².